The molecule has 0 saturated carbocycles. The lowest BCUT2D eigenvalue weighted by atomic mass is 9.99. The molecule has 0 radical (unpaired) electrons. The molecule has 1 aromatic rings. The fraction of sp³-hybridized carbons (Fsp3) is 0.611. The number of phenols is 1. The summed E-state index contributed by atoms with van der Waals surface area (Å²) < 4.78 is 0. The standard InChI is InChI=1S/C18H28O4/c19-14-9-7-5-3-1-2-4-6-8-11-15-12-10-13-16(20)17(15)18(21)22/h10,12-13,19-20H,1-9,11,14H2,(H,21,22). The number of rotatable bonds is 12. The SMILES string of the molecule is O=C(O)c1c(O)cccc1CCCCCCCCCCCO. The number of unbranched alkanes of at least 4 members (excludes halogenated alkanes) is 8. The van der Waals surface area contributed by atoms with Gasteiger partial charge in [-0.2, -0.15) is 0 Å². The van der Waals surface area contributed by atoms with Gasteiger partial charge in [-0.3, -0.25) is 0 Å². The summed E-state index contributed by atoms with van der Waals surface area (Å²) in [5.74, 6) is -1.20. The molecule has 1 aromatic carbocycles. The van der Waals surface area contributed by atoms with E-state index in [1.165, 1.54) is 38.2 Å². The number of carboxylic acid groups (broad SMARTS) is 1. The van der Waals surface area contributed by atoms with Crippen LogP contribution in [0.3, 0.4) is 0 Å². The van der Waals surface area contributed by atoms with E-state index in [1.807, 2.05) is 0 Å². The maximum atomic E-state index is 11.1. The van der Waals surface area contributed by atoms with Crippen LogP contribution in [0.25, 0.3) is 0 Å². The van der Waals surface area contributed by atoms with Crippen LogP contribution in [0.1, 0.15) is 73.7 Å². The zero-order valence-electron chi connectivity index (χ0n) is 13.3. The Morgan fingerprint density at radius 2 is 1.41 bits per heavy atom. The summed E-state index contributed by atoms with van der Waals surface area (Å²) in [5, 5.41) is 27.4. The van der Waals surface area contributed by atoms with Gasteiger partial charge in [0.15, 0.2) is 0 Å². The Hall–Kier alpha value is -1.55. The summed E-state index contributed by atoms with van der Waals surface area (Å²) in [4.78, 5) is 11.1. The number of aromatic hydroxyl groups is 1. The molecule has 0 unspecified atom stereocenters. The third kappa shape index (κ3) is 6.94. The number of carbonyl (C=O) groups is 1. The molecular weight excluding hydrogens is 280 g/mol. The lowest BCUT2D eigenvalue weighted by Gasteiger charge is -2.07. The molecule has 0 bridgehead atoms. The van der Waals surface area contributed by atoms with Gasteiger partial charge >= 0.3 is 5.97 Å². The first-order chi connectivity index (χ1) is 10.7. The van der Waals surface area contributed by atoms with Gasteiger partial charge in [-0.05, 0) is 30.9 Å². The second-order valence-electron chi connectivity index (χ2n) is 5.77. The molecule has 124 valence electrons. The molecule has 3 N–H and O–H groups in total. The van der Waals surface area contributed by atoms with Crippen LogP contribution >= 0.6 is 0 Å². The zero-order valence-corrected chi connectivity index (χ0v) is 13.3. The molecule has 1 rings (SSSR count). The van der Waals surface area contributed by atoms with Crippen molar-refractivity contribution < 1.29 is 20.1 Å². The molecule has 4 heteroatoms. The van der Waals surface area contributed by atoms with Crippen molar-refractivity contribution in [3.63, 3.8) is 0 Å². The van der Waals surface area contributed by atoms with E-state index in [1.54, 1.807) is 12.1 Å². The Morgan fingerprint density at radius 1 is 0.864 bits per heavy atom. The molecule has 0 fully saturated rings. The molecule has 0 saturated heterocycles. The summed E-state index contributed by atoms with van der Waals surface area (Å²) in [6.45, 7) is 0.299. The van der Waals surface area contributed by atoms with E-state index < -0.39 is 5.97 Å². The minimum Gasteiger partial charge on any atom is -0.507 e. The van der Waals surface area contributed by atoms with E-state index in [2.05, 4.69) is 0 Å². The molecule has 0 aliphatic rings. The van der Waals surface area contributed by atoms with Crippen LogP contribution in [0.15, 0.2) is 18.2 Å². The average molecular weight is 308 g/mol. The highest BCUT2D eigenvalue weighted by Crippen LogP contribution is 2.23. The topological polar surface area (TPSA) is 77.8 Å². The molecule has 0 atom stereocenters. The molecule has 0 heterocycles. The van der Waals surface area contributed by atoms with Gasteiger partial charge in [-0.1, -0.05) is 57.1 Å². The highest BCUT2D eigenvalue weighted by molar-refractivity contribution is 5.92. The lowest BCUT2D eigenvalue weighted by molar-refractivity contribution is 0.0692. The Balaban J connectivity index is 2.15. The van der Waals surface area contributed by atoms with Crippen molar-refractivity contribution in [2.75, 3.05) is 6.61 Å². The van der Waals surface area contributed by atoms with Gasteiger partial charge in [0.05, 0.1) is 0 Å². The fourth-order valence-corrected chi connectivity index (χ4v) is 2.71. The quantitative estimate of drug-likeness (QED) is 0.507. The van der Waals surface area contributed by atoms with Crippen LogP contribution in [0, 0.1) is 0 Å². The fourth-order valence-electron chi connectivity index (χ4n) is 2.71. The maximum Gasteiger partial charge on any atom is 0.339 e. The Kier molecular flexibility index (Phi) is 9.31. The first-order valence-electron chi connectivity index (χ1n) is 8.32. The number of aryl methyl sites for hydroxylation is 1. The number of carboxylic acids is 1. The maximum absolute atomic E-state index is 11.1. The number of hydrogen-bond donors (Lipinski definition) is 3. The predicted octanol–water partition coefficient (Wildman–Crippen LogP) is 4.14. The molecule has 4 nitrogen and oxygen atoms in total. The van der Waals surface area contributed by atoms with Gasteiger partial charge in [-0.25, -0.2) is 4.79 Å². The van der Waals surface area contributed by atoms with Crippen molar-refractivity contribution in [1.29, 1.82) is 0 Å². The van der Waals surface area contributed by atoms with Crippen molar-refractivity contribution in [3.05, 3.63) is 29.3 Å². The number of aromatic carboxylic acids is 1. The second-order valence-corrected chi connectivity index (χ2v) is 5.77. The minimum atomic E-state index is -1.06. The highest BCUT2D eigenvalue weighted by atomic mass is 16.4. The average Bonchev–Trinajstić information content (AvgIpc) is 2.48. The van der Waals surface area contributed by atoms with E-state index in [9.17, 15) is 9.90 Å². The van der Waals surface area contributed by atoms with Crippen molar-refractivity contribution in [2.24, 2.45) is 0 Å². The first kappa shape index (κ1) is 18.5. The van der Waals surface area contributed by atoms with Crippen molar-refractivity contribution >= 4 is 5.97 Å². The second kappa shape index (κ2) is 11.1. The number of benzene rings is 1. The number of hydrogen-bond acceptors (Lipinski definition) is 3. The Morgan fingerprint density at radius 3 is 1.95 bits per heavy atom. The molecule has 22 heavy (non-hydrogen) atoms. The summed E-state index contributed by atoms with van der Waals surface area (Å²) in [6, 6.07) is 4.90. The van der Waals surface area contributed by atoms with Gasteiger partial charge in [0.2, 0.25) is 0 Å². The van der Waals surface area contributed by atoms with Gasteiger partial charge in [0.25, 0.3) is 0 Å². The van der Waals surface area contributed by atoms with Gasteiger partial charge in [-0.15, -0.1) is 0 Å². The van der Waals surface area contributed by atoms with E-state index in [0.29, 0.717) is 13.0 Å². The van der Waals surface area contributed by atoms with E-state index in [4.69, 9.17) is 10.2 Å². The van der Waals surface area contributed by atoms with Gasteiger partial charge in [0.1, 0.15) is 11.3 Å². The molecule has 0 aliphatic carbocycles. The highest BCUT2D eigenvalue weighted by Gasteiger charge is 2.14. The Bertz CT molecular complexity index is 443. The Labute approximate surface area is 132 Å². The summed E-state index contributed by atoms with van der Waals surface area (Å²) in [7, 11) is 0. The normalized spacial score (nSPS) is 10.8. The van der Waals surface area contributed by atoms with Crippen LogP contribution in [0.5, 0.6) is 5.75 Å². The number of aliphatic hydroxyl groups excluding tert-OH is 1. The largest absolute Gasteiger partial charge is 0.507 e. The van der Waals surface area contributed by atoms with Crippen LogP contribution in [0.2, 0.25) is 0 Å². The smallest absolute Gasteiger partial charge is 0.339 e. The lowest BCUT2D eigenvalue weighted by Crippen LogP contribution is -2.03. The number of aliphatic hydroxyl groups is 1. The van der Waals surface area contributed by atoms with E-state index in [-0.39, 0.29) is 11.3 Å². The van der Waals surface area contributed by atoms with Crippen LogP contribution in [0.4, 0.5) is 0 Å². The molecule has 0 amide bonds. The summed E-state index contributed by atoms with van der Waals surface area (Å²) in [5.41, 5.74) is 0.767. The first-order valence-corrected chi connectivity index (χ1v) is 8.32. The van der Waals surface area contributed by atoms with Gasteiger partial charge < -0.3 is 15.3 Å². The zero-order chi connectivity index (χ0) is 16.2. The summed E-state index contributed by atoms with van der Waals surface area (Å²) in [6.07, 6.45) is 10.8. The van der Waals surface area contributed by atoms with Crippen molar-refractivity contribution in [2.45, 2.75) is 64.2 Å². The molecule has 0 spiro atoms. The van der Waals surface area contributed by atoms with Crippen molar-refractivity contribution in [1.82, 2.24) is 0 Å². The summed E-state index contributed by atoms with van der Waals surface area (Å²) >= 11 is 0. The third-order valence-corrected chi connectivity index (χ3v) is 3.95. The van der Waals surface area contributed by atoms with E-state index >= 15 is 0 Å². The molecule has 0 aliphatic heterocycles. The third-order valence-electron chi connectivity index (χ3n) is 3.95. The van der Waals surface area contributed by atoms with Crippen molar-refractivity contribution in [3.8, 4) is 5.75 Å². The van der Waals surface area contributed by atoms with Gasteiger partial charge in [0, 0.05) is 6.61 Å². The van der Waals surface area contributed by atoms with Crippen LogP contribution < -0.4 is 0 Å². The molecular formula is C18H28O4. The monoisotopic (exact) mass is 308 g/mol. The minimum absolute atomic E-state index is 0.0476. The predicted molar refractivity (Wildman–Crippen MR) is 87.4 cm³/mol. The van der Waals surface area contributed by atoms with E-state index in [0.717, 1.165) is 31.2 Å². The van der Waals surface area contributed by atoms with Crippen LogP contribution in [-0.4, -0.2) is 27.9 Å². The van der Waals surface area contributed by atoms with Crippen LogP contribution in [-0.2, 0) is 6.42 Å². The molecule has 0 aromatic heterocycles.